The molecule has 16 heavy (non-hydrogen) atoms. The minimum absolute atomic E-state index is 0.121. The summed E-state index contributed by atoms with van der Waals surface area (Å²) in [5.41, 5.74) is 0.808. The normalized spacial score (nSPS) is 11.2. The molecule has 0 aliphatic heterocycles. The molecule has 2 aromatic rings. The molecule has 0 amide bonds. The Balaban J connectivity index is 2.23. The fourth-order valence-corrected chi connectivity index (χ4v) is 1.51. The molecule has 1 aromatic carbocycles. The zero-order valence-corrected chi connectivity index (χ0v) is 9.08. The maximum Gasteiger partial charge on any atom is 0.513 e. The Morgan fingerprint density at radius 3 is 2.25 bits per heavy atom. The third-order valence-electron chi connectivity index (χ3n) is 1.83. The molecule has 1 aromatic heterocycles. The lowest BCUT2D eigenvalue weighted by atomic mass is 10.2. The Labute approximate surface area is 92.3 Å². The van der Waals surface area contributed by atoms with Crippen LogP contribution in [0.2, 0.25) is 0 Å². The highest BCUT2D eigenvalue weighted by molar-refractivity contribution is 7.37. The molecule has 1 N–H and O–H groups in total. The van der Waals surface area contributed by atoms with Crippen molar-refractivity contribution in [1.29, 1.82) is 0 Å². The first-order chi connectivity index (χ1) is 7.75. The second-order valence-corrected chi connectivity index (χ2v) is 4.04. The molecule has 0 fully saturated rings. The largest absolute Gasteiger partial charge is 0.513 e. The molecule has 1 unspecified atom stereocenters. The van der Waals surface area contributed by atoms with Crippen LogP contribution >= 0.6 is 8.03 Å². The van der Waals surface area contributed by atoms with Crippen LogP contribution in [0.25, 0.3) is 11.4 Å². The molecule has 0 bridgehead atoms. The van der Waals surface area contributed by atoms with E-state index in [1.807, 2.05) is 30.3 Å². The fraction of sp³-hybridized carbons (Fsp3) is 0.111. The van der Waals surface area contributed by atoms with Gasteiger partial charge in [0.05, 0.1) is 0 Å². The van der Waals surface area contributed by atoms with Gasteiger partial charge in [-0.15, -0.1) is 20.4 Å². The van der Waals surface area contributed by atoms with Gasteiger partial charge in [0.1, 0.15) is 0 Å². The van der Waals surface area contributed by atoms with Gasteiger partial charge in [-0.05, 0) is 4.57 Å². The van der Waals surface area contributed by atoms with Gasteiger partial charge in [-0.2, -0.15) is 4.89 Å². The van der Waals surface area contributed by atoms with E-state index in [1.54, 1.807) is 0 Å². The minimum atomic E-state index is -2.30. The standard InChI is InChI=1S/C9H7N4O2P/c14-16(15)6-8-10-12-9(13-11-8)7-4-2-1-3-5-7/h1-5H,6H2/p+1. The van der Waals surface area contributed by atoms with Crippen LogP contribution in [0.5, 0.6) is 0 Å². The molecule has 7 heteroatoms. The van der Waals surface area contributed by atoms with Gasteiger partial charge in [0.15, 0.2) is 0 Å². The van der Waals surface area contributed by atoms with Gasteiger partial charge in [0.25, 0.3) is 0 Å². The quantitative estimate of drug-likeness (QED) is 0.803. The summed E-state index contributed by atoms with van der Waals surface area (Å²) >= 11 is 0. The van der Waals surface area contributed by atoms with Crippen molar-refractivity contribution in [2.45, 2.75) is 6.16 Å². The monoisotopic (exact) mass is 235 g/mol. The van der Waals surface area contributed by atoms with E-state index in [2.05, 4.69) is 20.4 Å². The topological polar surface area (TPSA) is 88.9 Å². The summed E-state index contributed by atoms with van der Waals surface area (Å²) in [4.78, 5) is 8.67. The highest BCUT2D eigenvalue weighted by Crippen LogP contribution is 2.18. The molecule has 1 atom stereocenters. The molecule has 0 radical (unpaired) electrons. The van der Waals surface area contributed by atoms with Crippen LogP contribution in [0.15, 0.2) is 30.3 Å². The van der Waals surface area contributed by atoms with E-state index in [0.717, 1.165) is 5.56 Å². The number of nitrogens with zero attached hydrogens (tertiary/aromatic N) is 4. The molecule has 0 aliphatic carbocycles. The Morgan fingerprint density at radius 2 is 1.69 bits per heavy atom. The molecule has 2 rings (SSSR count). The van der Waals surface area contributed by atoms with Crippen molar-refractivity contribution in [3.8, 4) is 11.4 Å². The van der Waals surface area contributed by atoms with Gasteiger partial charge in [0, 0.05) is 5.56 Å². The van der Waals surface area contributed by atoms with Crippen molar-refractivity contribution in [1.82, 2.24) is 20.4 Å². The predicted octanol–water partition coefficient (Wildman–Crippen LogP) is 1.17. The Kier molecular flexibility index (Phi) is 3.24. The van der Waals surface area contributed by atoms with Crippen molar-refractivity contribution >= 4 is 8.03 Å². The summed E-state index contributed by atoms with van der Waals surface area (Å²) in [7, 11) is -2.30. The Morgan fingerprint density at radius 1 is 1.06 bits per heavy atom. The van der Waals surface area contributed by atoms with Crippen LogP contribution in [-0.4, -0.2) is 25.3 Å². The van der Waals surface area contributed by atoms with Gasteiger partial charge in [-0.3, -0.25) is 0 Å². The Hall–Kier alpha value is -1.78. The van der Waals surface area contributed by atoms with E-state index in [4.69, 9.17) is 4.89 Å². The lowest BCUT2D eigenvalue weighted by Crippen LogP contribution is -2.01. The minimum Gasteiger partial charge on any atom is -0.160 e. The zero-order chi connectivity index (χ0) is 11.4. The van der Waals surface area contributed by atoms with Crippen molar-refractivity contribution in [2.24, 2.45) is 0 Å². The fourth-order valence-electron chi connectivity index (χ4n) is 1.14. The highest BCUT2D eigenvalue weighted by Gasteiger charge is 2.15. The number of aromatic nitrogens is 4. The summed E-state index contributed by atoms with van der Waals surface area (Å²) in [5, 5.41) is 15.1. The number of rotatable bonds is 3. The summed E-state index contributed by atoms with van der Waals surface area (Å²) < 4.78 is 10.5. The van der Waals surface area contributed by atoms with Crippen molar-refractivity contribution < 1.29 is 9.46 Å². The van der Waals surface area contributed by atoms with Gasteiger partial charge >= 0.3 is 8.03 Å². The average Bonchev–Trinajstić information content (AvgIpc) is 2.30. The molecule has 0 saturated carbocycles. The predicted molar refractivity (Wildman–Crippen MR) is 56.6 cm³/mol. The highest BCUT2D eigenvalue weighted by atomic mass is 31.1. The van der Waals surface area contributed by atoms with E-state index in [1.165, 1.54) is 0 Å². The van der Waals surface area contributed by atoms with Crippen LogP contribution < -0.4 is 0 Å². The maximum atomic E-state index is 10.5. The summed E-state index contributed by atoms with van der Waals surface area (Å²) in [6, 6.07) is 9.28. The SMILES string of the molecule is O=[P+](O)Cc1nnc(-c2ccccc2)nn1. The third-order valence-corrected chi connectivity index (χ3v) is 2.38. The van der Waals surface area contributed by atoms with Crippen LogP contribution in [0.4, 0.5) is 0 Å². The molecule has 0 aliphatic rings. The molecule has 80 valence electrons. The molecule has 0 saturated heterocycles. The van der Waals surface area contributed by atoms with Gasteiger partial charge in [0.2, 0.25) is 17.8 Å². The van der Waals surface area contributed by atoms with Gasteiger partial charge < -0.3 is 0 Å². The lowest BCUT2D eigenvalue weighted by molar-refractivity contribution is 0.500. The second-order valence-electron chi connectivity index (χ2n) is 3.02. The first-order valence-electron chi connectivity index (χ1n) is 4.51. The van der Waals surface area contributed by atoms with E-state index in [0.29, 0.717) is 5.82 Å². The van der Waals surface area contributed by atoms with E-state index < -0.39 is 8.03 Å². The van der Waals surface area contributed by atoms with Crippen LogP contribution in [0.1, 0.15) is 5.82 Å². The Bertz CT molecular complexity index is 489. The number of hydrogen-bond acceptors (Lipinski definition) is 5. The van der Waals surface area contributed by atoms with Crippen molar-refractivity contribution in [3.63, 3.8) is 0 Å². The molecule has 1 heterocycles. The van der Waals surface area contributed by atoms with E-state index in [-0.39, 0.29) is 12.0 Å². The molecular formula is C9H8N4O2P+. The van der Waals surface area contributed by atoms with Crippen molar-refractivity contribution in [3.05, 3.63) is 36.2 Å². The summed E-state index contributed by atoms with van der Waals surface area (Å²) in [5.74, 6) is 0.570. The first-order valence-corrected chi connectivity index (χ1v) is 5.91. The maximum absolute atomic E-state index is 10.5. The summed E-state index contributed by atoms with van der Waals surface area (Å²) in [6.45, 7) is 0. The zero-order valence-electron chi connectivity index (χ0n) is 8.19. The van der Waals surface area contributed by atoms with Gasteiger partial charge in [-0.25, -0.2) is 0 Å². The van der Waals surface area contributed by atoms with Crippen LogP contribution in [0, 0.1) is 0 Å². The summed E-state index contributed by atoms with van der Waals surface area (Å²) in [6.07, 6.45) is -0.121. The van der Waals surface area contributed by atoms with Crippen LogP contribution in [0.3, 0.4) is 0 Å². The van der Waals surface area contributed by atoms with Crippen LogP contribution in [-0.2, 0) is 10.7 Å². The number of benzene rings is 1. The molecule has 6 nitrogen and oxygen atoms in total. The van der Waals surface area contributed by atoms with E-state index >= 15 is 0 Å². The van der Waals surface area contributed by atoms with Gasteiger partial charge in [-0.1, -0.05) is 30.3 Å². The third kappa shape index (κ3) is 2.62. The first kappa shape index (κ1) is 10.7. The molecule has 0 spiro atoms. The average molecular weight is 235 g/mol. The number of hydrogen-bond donors (Lipinski definition) is 1. The van der Waals surface area contributed by atoms with Crippen molar-refractivity contribution in [2.75, 3.05) is 0 Å². The second kappa shape index (κ2) is 4.83. The lowest BCUT2D eigenvalue weighted by Gasteiger charge is -1.96. The van der Waals surface area contributed by atoms with E-state index in [9.17, 15) is 4.57 Å². The smallest absolute Gasteiger partial charge is 0.160 e. The molecular weight excluding hydrogens is 227 g/mol.